The number of benzene rings is 1. The van der Waals surface area contributed by atoms with Gasteiger partial charge in [-0.2, -0.15) is 0 Å². The van der Waals surface area contributed by atoms with E-state index >= 15 is 0 Å². The highest BCUT2D eigenvalue weighted by atomic mass is 16.5. The van der Waals surface area contributed by atoms with Gasteiger partial charge >= 0.3 is 0 Å². The molecule has 20 heavy (non-hydrogen) atoms. The van der Waals surface area contributed by atoms with E-state index in [1.165, 1.54) is 0 Å². The summed E-state index contributed by atoms with van der Waals surface area (Å²) in [6, 6.07) is 7.82. The van der Waals surface area contributed by atoms with Crippen LogP contribution in [0.15, 0.2) is 24.3 Å². The lowest BCUT2D eigenvalue weighted by Gasteiger charge is -2.35. The fourth-order valence-electron chi connectivity index (χ4n) is 2.48. The molecule has 0 N–H and O–H groups in total. The second kappa shape index (κ2) is 6.75. The van der Waals surface area contributed by atoms with E-state index < -0.39 is 6.10 Å². The number of rotatable bonds is 4. The van der Waals surface area contributed by atoms with Crippen molar-refractivity contribution in [3.8, 4) is 5.75 Å². The zero-order valence-electron chi connectivity index (χ0n) is 12.6. The highest BCUT2D eigenvalue weighted by Crippen LogP contribution is 2.15. The first-order valence-electron chi connectivity index (χ1n) is 7.34. The first kappa shape index (κ1) is 14.9. The Bertz CT molecular complexity index is 454. The third-order valence-electron chi connectivity index (χ3n) is 3.78. The van der Waals surface area contributed by atoms with Gasteiger partial charge in [0.1, 0.15) is 5.75 Å². The van der Waals surface area contributed by atoms with Crippen LogP contribution in [0.2, 0.25) is 0 Å². The van der Waals surface area contributed by atoms with Crippen molar-refractivity contribution in [1.29, 1.82) is 0 Å². The van der Waals surface area contributed by atoms with Gasteiger partial charge in [0.05, 0.1) is 0 Å². The summed E-state index contributed by atoms with van der Waals surface area (Å²) < 4.78 is 5.76. The van der Waals surface area contributed by atoms with Gasteiger partial charge in [0.25, 0.3) is 5.91 Å². The summed E-state index contributed by atoms with van der Waals surface area (Å²) in [5.41, 5.74) is 1.14. The Labute approximate surface area is 121 Å². The van der Waals surface area contributed by atoms with Crippen LogP contribution < -0.4 is 4.74 Å². The monoisotopic (exact) mass is 276 g/mol. The van der Waals surface area contributed by atoms with Gasteiger partial charge in [-0.25, -0.2) is 0 Å². The molecule has 1 atom stereocenters. The SMILES string of the molecule is CCN1CCN(C(=O)C(C)Oc2cccc(C)c2)CC1. The topological polar surface area (TPSA) is 32.8 Å². The number of likely N-dealkylation sites (N-methyl/N-ethyl adjacent to an activating group) is 1. The van der Waals surface area contributed by atoms with Crippen LogP contribution in [0, 0.1) is 6.92 Å². The second-order valence-corrected chi connectivity index (χ2v) is 5.34. The van der Waals surface area contributed by atoms with Gasteiger partial charge in [-0.3, -0.25) is 4.79 Å². The lowest BCUT2D eigenvalue weighted by Crippen LogP contribution is -2.51. The van der Waals surface area contributed by atoms with Crippen LogP contribution in [-0.4, -0.2) is 54.5 Å². The third-order valence-corrected chi connectivity index (χ3v) is 3.78. The minimum atomic E-state index is -0.426. The number of amides is 1. The van der Waals surface area contributed by atoms with Gasteiger partial charge in [0, 0.05) is 26.2 Å². The van der Waals surface area contributed by atoms with Gasteiger partial charge in [-0.15, -0.1) is 0 Å². The van der Waals surface area contributed by atoms with Crippen LogP contribution >= 0.6 is 0 Å². The predicted octanol–water partition coefficient (Wildman–Crippen LogP) is 1.93. The van der Waals surface area contributed by atoms with E-state index in [-0.39, 0.29) is 5.91 Å². The normalized spacial score (nSPS) is 17.9. The molecular weight excluding hydrogens is 252 g/mol. The number of hydrogen-bond acceptors (Lipinski definition) is 3. The quantitative estimate of drug-likeness (QED) is 0.842. The van der Waals surface area contributed by atoms with Crippen LogP contribution in [0.5, 0.6) is 5.75 Å². The van der Waals surface area contributed by atoms with Gasteiger partial charge in [-0.05, 0) is 38.1 Å². The van der Waals surface area contributed by atoms with Gasteiger partial charge in [-0.1, -0.05) is 19.1 Å². The number of nitrogens with zero attached hydrogens (tertiary/aromatic N) is 2. The van der Waals surface area contributed by atoms with Crippen molar-refractivity contribution in [2.45, 2.75) is 26.9 Å². The van der Waals surface area contributed by atoms with Crippen molar-refractivity contribution in [1.82, 2.24) is 9.80 Å². The zero-order valence-corrected chi connectivity index (χ0v) is 12.6. The van der Waals surface area contributed by atoms with E-state index in [9.17, 15) is 4.79 Å². The Morgan fingerprint density at radius 3 is 2.60 bits per heavy atom. The number of carbonyl (C=O) groups excluding carboxylic acids is 1. The molecular formula is C16H24N2O2. The van der Waals surface area contributed by atoms with E-state index in [0.717, 1.165) is 44.0 Å². The molecule has 1 aromatic carbocycles. The number of aryl methyl sites for hydroxylation is 1. The van der Waals surface area contributed by atoms with Gasteiger partial charge in [0.15, 0.2) is 6.10 Å². The molecule has 1 aliphatic rings. The molecule has 4 heteroatoms. The first-order chi connectivity index (χ1) is 9.60. The van der Waals surface area contributed by atoms with Crippen molar-refractivity contribution < 1.29 is 9.53 Å². The van der Waals surface area contributed by atoms with Crippen molar-refractivity contribution in [2.75, 3.05) is 32.7 Å². The van der Waals surface area contributed by atoms with Crippen LogP contribution in [0.4, 0.5) is 0 Å². The molecule has 1 aliphatic heterocycles. The molecule has 2 rings (SSSR count). The Morgan fingerprint density at radius 2 is 2.00 bits per heavy atom. The highest BCUT2D eigenvalue weighted by Gasteiger charge is 2.25. The Hall–Kier alpha value is -1.55. The van der Waals surface area contributed by atoms with E-state index in [1.807, 2.05) is 43.0 Å². The molecule has 4 nitrogen and oxygen atoms in total. The van der Waals surface area contributed by atoms with E-state index in [1.54, 1.807) is 0 Å². The lowest BCUT2D eigenvalue weighted by atomic mass is 10.2. The maximum absolute atomic E-state index is 12.4. The highest BCUT2D eigenvalue weighted by molar-refractivity contribution is 5.81. The summed E-state index contributed by atoms with van der Waals surface area (Å²) in [4.78, 5) is 16.6. The Kier molecular flexibility index (Phi) is 5.01. The standard InChI is InChI=1S/C16H24N2O2/c1-4-17-8-10-18(11-9-17)16(19)14(3)20-15-7-5-6-13(2)12-15/h5-7,12,14H,4,8-11H2,1-3H3. The molecule has 0 saturated carbocycles. The zero-order chi connectivity index (χ0) is 14.5. The molecule has 0 bridgehead atoms. The smallest absolute Gasteiger partial charge is 0.263 e. The minimum absolute atomic E-state index is 0.0854. The largest absolute Gasteiger partial charge is 0.481 e. The van der Waals surface area contributed by atoms with Crippen LogP contribution in [0.1, 0.15) is 19.4 Å². The summed E-state index contributed by atoms with van der Waals surface area (Å²) in [7, 11) is 0. The number of carbonyl (C=O) groups is 1. The number of hydrogen-bond donors (Lipinski definition) is 0. The van der Waals surface area contributed by atoms with Gasteiger partial charge in [0.2, 0.25) is 0 Å². The van der Waals surface area contributed by atoms with Crippen molar-refractivity contribution >= 4 is 5.91 Å². The first-order valence-corrected chi connectivity index (χ1v) is 7.34. The van der Waals surface area contributed by atoms with E-state index in [4.69, 9.17) is 4.74 Å². The summed E-state index contributed by atoms with van der Waals surface area (Å²) >= 11 is 0. The maximum Gasteiger partial charge on any atom is 0.263 e. The van der Waals surface area contributed by atoms with Gasteiger partial charge < -0.3 is 14.5 Å². The molecule has 1 unspecified atom stereocenters. The lowest BCUT2D eigenvalue weighted by molar-refractivity contribution is -0.139. The third kappa shape index (κ3) is 3.73. The molecule has 1 saturated heterocycles. The Balaban J connectivity index is 1.89. The average Bonchev–Trinajstić information content (AvgIpc) is 2.46. The van der Waals surface area contributed by atoms with Crippen molar-refractivity contribution in [2.24, 2.45) is 0 Å². The van der Waals surface area contributed by atoms with Crippen LogP contribution in [0.3, 0.4) is 0 Å². The molecule has 1 heterocycles. The van der Waals surface area contributed by atoms with E-state index in [0.29, 0.717) is 0 Å². The summed E-state index contributed by atoms with van der Waals surface area (Å²) in [5.74, 6) is 0.848. The Morgan fingerprint density at radius 1 is 1.30 bits per heavy atom. The van der Waals surface area contributed by atoms with E-state index in [2.05, 4.69) is 11.8 Å². The average molecular weight is 276 g/mol. The van der Waals surface area contributed by atoms with Crippen LogP contribution in [0.25, 0.3) is 0 Å². The molecule has 1 fully saturated rings. The predicted molar refractivity (Wildman–Crippen MR) is 80.0 cm³/mol. The molecule has 110 valence electrons. The number of piperazine rings is 1. The fraction of sp³-hybridized carbons (Fsp3) is 0.562. The summed E-state index contributed by atoms with van der Waals surface area (Å²) in [6.07, 6.45) is -0.426. The van der Waals surface area contributed by atoms with Crippen molar-refractivity contribution in [3.05, 3.63) is 29.8 Å². The molecule has 0 spiro atoms. The molecule has 0 aromatic heterocycles. The summed E-state index contributed by atoms with van der Waals surface area (Å²) in [6.45, 7) is 10.6. The maximum atomic E-state index is 12.4. The van der Waals surface area contributed by atoms with Crippen LogP contribution in [-0.2, 0) is 4.79 Å². The second-order valence-electron chi connectivity index (χ2n) is 5.34. The summed E-state index contributed by atoms with van der Waals surface area (Å²) in [5, 5.41) is 0. The van der Waals surface area contributed by atoms with Crippen molar-refractivity contribution in [3.63, 3.8) is 0 Å². The fourth-order valence-corrected chi connectivity index (χ4v) is 2.48. The molecule has 0 radical (unpaired) electrons. The molecule has 0 aliphatic carbocycles. The molecule has 1 amide bonds. The number of ether oxygens (including phenoxy) is 1. The minimum Gasteiger partial charge on any atom is -0.481 e. The molecule has 1 aromatic rings.